The maximum Gasteiger partial charge on any atom is 0.422 e. The Hall–Kier alpha value is -1.96. The van der Waals surface area contributed by atoms with Gasteiger partial charge in [0, 0.05) is 6.54 Å². The molecule has 1 heterocycles. The molecule has 0 aliphatic carbocycles. The van der Waals surface area contributed by atoms with E-state index in [1.54, 1.807) is 6.07 Å². The second-order valence-electron chi connectivity index (χ2n) is 6.48. The largest absolute Gasteiger partial charge is 0.480 e. The van der Waals surface area contributed by atoms with Crippen LogP contribution in [0.2, 0.25) is 0 Å². The van der Waals surface area contributed by atoms with Crippen LogP contribution in [0.4, 0.5) is 13.2 Å². The van der Waals surface area contributed by atoms with Gasteiger partial charge in [-0.1, -0.05) is 19.1 Å². The van der Waals surface area contributed by atoms with Crippen LogP contribution in [0.3, 0.4) is 0 Å². The van der Waals surface area contributed by atoms with Crippen molar-refractivity contribution >= 4 is 5.91 Å². The number of para-hydroxylation sites is 2. The van der Waals surface area contributed by atoms with Crippen molar-refractivity contribution in [2.75, 3.05) is 32.8 Å². The smallest absolute Gasteiger partial charge is 0.422 e. The number of rotatable bonds is 7. The number of amides is 1. The van der Waals surface area contributed by atoms with E-state index in [0.717, 1.165) is 25.9 Å². The van der Waals surface area contributed by atoms with Gasteiger partial charge in [-0.3, -0.25) is 4.79 Å². The second kappa shape index (κ2) is 8.42. The number of carbonyl (C=O) groups is 1. The zero-order valence-corrected chi connectivity index (χ0v) is 14.1. The highest BCUT2D eigenvalue weighted by molar-refractivity contribution is 5.77. The molecule has 1 aliphatic heterocycles. The van der Waals surface area contributed by atoms with E-state index in [2.05, 4.69) is 17.6 Å². The molecule has 1 fully saturated rings. The van der Waals surface area contributed by atoms with Gasteiger partial charge >= 0.3 is 6.18 Å². The van der Waals surface area contributed by atoms with Crippen molar-refractivity contribution in [1.82, 2.24) is 10.6 Å². The first kappa shape index (κ1) is 19.4. The molecule has 1 saturated heterocycles. The molecule has 8 heteroatoms. The van der Waals surface area contributed by atoms with E-state index in [9.17, 15) is 18.0 Å². The molecule has 0 unspecified atom stereocenters. The van der Waals surface area contributed by atoms with Crippen molar-refractivity contribution in [3.05, 3.63) is 24.3 Å². The zero-order valence-electron chi connectivity index (χ0n) is 14.1. The molecular weight excluding hydrogens is 337 g/mol. The topological polar surface area (TPSA) is 59.6 Å². The highest BCUT2D eigenvalue weighted by Crippen LogP contribution is 2.29. The van der Waals surface area contributed by atoms with Crippen molar-refractivity contribution in [1.29, 1.82) is 0 Å². The van der Waals surface area contributed by atoms with Gasteiger partial charge in [-0.15, -0.1) is 0 Å². The van der Waals surface area contributed by atoms with Crippen LogP contribution >= 0.6 is 0 Å². The van der Waals surface area contributed by atoms with E-state index in [0.29, 0.717) is 6.54 Å². The molecule has 1 aromatic carbocycles. The Morgan fingerprint density at radius 3 is 2.40 bits per heavy atom. The number of hydrogen-bond donors (Lipinski definition) is 2. The minimum Gasteiger partial charge on any atom is -0.480 e. The van der Waals surface area contributed by atoms with E-state index in [-0.39, 0.29) is 29.4 Å². The monoisotopic (exact) mass is 360 g/mol. The Kier molecular flexibility index (Phi) is 6.52. The Bertz CT molecular complexity index is 573. The standard InChI is InChI=1S/C17H23F3N2O3/c1-16(6-8-21-9-7-16)11-22-15(23)10-24-13-4-2-3-5-14(13)25-12-17(18,19)20/h2-5,21H,6-12H2,1H3,(H,22,23). The summed E-state index contributed by atoms with van der Waals surface area (Å²) in [5.41, 5.74) is 0.0502. The van der Waals surface area contributed by atoms with Crippen molar-refractivity contribution in [2.24, 2.45) is 5.41 Å². The van der Waals surface area contributed by atoms with Crippen molar-refractivity contribution < 1.29 is 27.4 Å². The molecule has 0 bridgehead atoms. The van der Waals surface area contributed by atoms with Gasteiger partial charge < -0.3 is 20.1 Å². The maximum atomic E-state index is 12.3. The van der Waals surface area contributed by atoms with E-state index in [4.69, 9.17) is 9.47 Å². The lowest BCUT2D eigenvalue weighted by Crippen LogP contribution is -2.43. The number of halogens is 3. The number of ether oxygens (including phenoxy) is 2. The van der Waals surface area contributed by atoms with Crippen LogP contribution in [0.5, 0.6) is 11.5 Å². The molecule has 1 aliphatic rings. The predicted molar refractivity (Wildman–Crippen MR) is 86.7 cm³/mol. The minimum atomic E-state index is -4.44. The summed E-state index contributed by atoms with van der Waals surface area (Å²) in [5.74, 6) is -0.252. The number of carbonyl (C=O) groups excluding carboxylic acids is 1. The third kappa shape index (κ3) is 6.81. The normalized spacial score (nSPS) is 17.0. The van der Waals surface area contributed by atoms with E-state index in [1.807, 2.05) is 0 Å². The molecule has 25 heavy (non-hydrogen) atoms. The molecule has 0 aromatic heterocycles. The van der Waals surface area contributed by atoms with E-state index >= 15 is 0 Å². The van der Waals surface area contributed by atoms with Crippen LogP contribution in [0.25, 0.3) is 0 Å². The molecule has 1 amide bonds. The van der Waals surface area contributed by atoms with Crippen molar-refractivity contribution in [3.8, 4) is 11.5 Å². The molecule has 1 aromatic rings. The van der Waals surface area contributed by atoms with Crippen molar-refractivity contribution in [2.45, 2.75) is 25.9 Å². The summed E-state index contributed by atoms with van der Waals surface area (Å²) >= 11 is 0. The van der Waals surface area contributed by atoms with Crippen LogP contribution in [-0.4, -0.2) is 44.9 Å². The number of nitrogens with one attached hydrogen (secondary N) is 2. The molecule has 0 saturated carbocycles. The van der Waals surface area contributed by atoms with E-state index < -0.39 is 12.8 Å². The highest BCUT2D eigenvalue weighted by atomic mass is 19.4. The first-order valence-electron chi connectivity index (χ1n) is 8.16. The molecule has 0 radical (unpaired) electrons. The number of piperidine rings is 1. The predicted octanol–water partition coefficient (Wildman–Crippen LogP) is 2.51. The van der Waals surface area contributed by atoms with Gasteiger partial charge in [0.15, 0.2) is 24.7 Å². The summed E-state index contributed by atoms with van der Waals surface area (Å²) in [5, 5.41) is 6.10. The lowest BCUT2D eigenvalue weighted by molar-refractivity contribution is -0.153. The maximum absolute atomic E-state index is 12.3. The molecular formula is C17H23F3N2O3. The lowest BCUT2D eigenvalue weighted by Gasteiger charge is -2.34. The molecule has 0 spiro atoms. The zero-order chi connectivity index (χ0) is 18.3. The van der Waals surface area contributed by atoms with E-state index in [1.165, 1.54) is 18.2 Å². The number of benzene rings is 1. The summed E-state index contributed by atoms with van der Waals surface area (Å²) in [6.07, 6.45) is -2.49. The lowest BCUT2D eigenvalue weighted by atomic mass is 9.81. The molecule has 2 rings (SSSR count). The van der Waals surface area contributed by atoms with Crippen LogP contribution < -0.4 is 20.1 Å². The van der Waals surface area contributed by atoms with Crippen molar-refractivity contribution in [3.63, 3.8) is 0 Å². The number of hydrogen-bond acceptors (Lipinski definition) is 4. The van der Waals surface area contributed by atoms with Crippen LogP contribution in [-0.2, 0) is 4.79 Å². The third-order valence-electron chi connectivity index (χ3n) is 4.12. The summed E-state index contributed by atoms with van der Waals surface area (Å²) in [7, 11) is 0. The third-order valence-corrected chi connectivity index (χ3v) is 4.12. The fraction of sp³-hybridized carbons (Fsp3) is 0.588. The Morgan fingerprint density at radius 1 is 1.20 bits per heavy atom. The molecule has 0 atom stereocenters. The average Bonchev–Trinajstić information content (AvgIpc) is 2.57. The molecule has 2 N–H and O–H groups in total. The van der Waals surface area contributed by atoms with Crippen LogP contribution in [0.15, 0.2) is 24.3 Å². The summed E-state index contributed by atoms with van der Waals surface area (Å²) in [4.78, 5) is 12.0. The van der Waals surface area contributed by atoms with Crippen LogP contribution in [0, 0.1) is 5.41 Å². The minimum absolute atomic E-state index is 0.0436. The summed E-state index contributed by atoms with van der Waals surface area (Å²) < 4.78 is 46.8. The Labute approximate surface area is 144 Å². The summed E-state index contributed by atoms with van der Waals surface area (Å²) in [6.45, 7) is 2.82. The molecule has 140 valence electrons. The quantitative estimate of drug-likeness (QED) is 0.785. The Balaban J connectivity index is 1.81. The van der Waals surface area contributed by atoms with Gasteiger partial charge in [-0.05, 0) is 43.5 Å². The van der Waals surface area contributed by atoms with Crippen LogP contribution in [0.1, 0.15) is 19.8 Å². The fourth-order valence-electron chi connectivity index (χ4n) is 2.56. The fourth-order valence-corrected chi connectivity index (χ4v) is 2.56. The Morgan fingerprint density at radius 2 is 1.80 bits per heavy atom. The SMILES string of the molecule is CC1(CNC(=O)COc2ccccc2OCC(F)(F)F)CCNCC1. The van der Waals surface area contributed by atoms with Gasteiger partial charge in [0.25, 0.3) is 5.91 Å². The second-order valence-corrected chi connectivity index (χ2v) is 6.48. The summed E-state index contributed by atoms with van der Waals surface area (Å²) in [6, 6.07) is 5.97. The van der Waals surface area contributed by atoms with Gasteiger partial charge in [-0.25, -0.2) is 0 Å². The highest BCUT2D eigenvalue weighted by Gasteiger charge is 2.29. The average molecular weight is 360 g/mol. The number of alkyl halides is 3. The van der Waals surface area contributed by atoms with Gasteiger partial charge in [0.2, 0.25) is 0 Å². The van der Waals surface area contributed by atoms with Gasteiger partial charge in [0.05, 0.1) is 0 Å². The first-order valence-corrected chi connectivity index (χ1v) is 8.16. The first-order chi connectivity index (χ1) is 11.8. The van der Waals surface area contributed by atoms with Gasteiger partial charge in [-0.2, -0.15) is 13.2 Å². The van der Waals surface area contributed by atoms with Gasteiger partial charge in [0.1, 0.15) is 0 Å². The molecule has 5 nitrogen and oxygen atoms in total.